The summed E-state index contributed by atoms with van der Waals surface area (Å²) in [5, 5.41) is 8.38. The molecule has 0 aliphatic heterocycles. The van der Waals surface area contributed by atoms with Gasteiger partial charge in [-0.25, -0.2) is 9.59 Å². The molecule has 0 unspecified atom stereocenters. The molecule has 0 radical (unpaired) electrons. The molecule has 184 valence electrons. The highest BCUT2D eigenvalue weighted by molar-refractivity contribution is 5.91. The molecule has 0 amide bonds. The van der Waals surface area contributed by atoms with Gasteiger partial charge in [-0.1, -0.05) is 55.0 Å². The molecule has 1 saturated carbocycles. The number of ether oxygens (including phenoxy) is 3. The average molecular weight is 477 g/mol. The lowest BCUT2D eigenvalue weighted by Crippen LogP contribution is -2.15. The monoisotopic (exact) mass is 476 g/mol. The van der Waals surface area contributed by atoms with Crippen molar-refractivity contribution in [1.82, 2.24) is 0 Å². The summed E-state index contributed by atoms with van der Waals surface area (Å²) in [6, 6.07) is 21.9. The van der Waals surface area contributed by atoms with Crippen molar-refractivity contribution in [2.75, 3.05) is 13.2 Å². The zero-order chi connectivity index (χ0) is 25.0. The molecule has 1 N–H and O–H groups in total. The maximum absolute atomic E-state index is 12.3. The van der Waals surface area contributed by atoms with E-state index in [1.807, 2.05) is 37.3 Å². The molecule has 1 fully saturated rings. The molecule has 0 atom stereocenters. The van der Waals surface area contributed by atoms with E-state index < -0.39 is 5.97 Å². The molecule has 0 saturated heterocycles. The van der Waals surface area contributed by atoms with Crippen LogP contribution in [0, 0.1) is 0 Å². The number of esters is 1. The maximum Gasteiger partial charge on any atom is 0.338 e. The second-order valence-corrected chi connectivity index (χ2v) is 8.11. The molecular formula is C29H32O6. The number of carbonyl (C=O) groups excluding carboxylic acids is 1. The van der Waals surface area contributed by atoms with Gasteiger partial charge in [0.2, 0.25) is 0 Å². The Bertz CT molecular complexity index is 1090. The van der Waals surface area contributed by atoms with Gasteiger partial charge in [0.25, 0.3) is 0 Å². The lowest BCUT2D eigenvalue weighted by molar-refractivity contribution is 0.0524. The van der Waals surface area contributed by atoms with Crippen LogP contribution >= 0.6 is 0 Å². The highest BCUT2D eigenvalue weighted by Gasteiger charge is 2.28. The lowest BCUT2D eigenvalue weighted by Gasteiger charge is -2.30. The molecular weight excluding hydrogens is 444 g/mol. The van der Waals surface area contributed by atoms with E-state index >= 15 is 0 Å². The van der Waals surface area contributed by atoms with E-state index in [0.717, 1.165) is 35.5 Å². The van der Waals surface area contributed by atoms with E-state index in [4.69, 9.17) is 19.3 Å². The minimum atomic E-state index is -0.879. The summed E-state index contributed by atoms with van der Waals surface area (Å²) < 4.78 is 17.2. The number of rotatable bonds is 9. The molecule has 6 heteroatoms. The van der Waals surface area contributed by atoms with Crippen molar-refractivity contribution in [2.45, 2.75) is 45.6 Å². The van der Waals surface area contributed by atoms with Crippen LogP contribution in [0.2, 0.25) is 0 Å². The molecule has 6 nitrogen and oxygen atoms in total. The fourth-order valence-electron chi connectivity index (χ4n) is 3.74. The Kier molecular flexibility index (Phi) is 9.72. The predicted molar refractivity (Wildman–Crippen MR) is 134 cm³/mol. The summed E-state index contributed by atoms with van der Waals surface area (Å²) in [6.45, 7) is 5.10. The summed E-state index contributed by atoms with van der Waals surface area (Å²) in [5.41, 5.74) is 2.98. The van der Waals surface area contributed by atoms with Crippen molar-refractivity contribution in [3.8, 4) is 11.5 Å². The Morgan fingerprint density at radius 2 is 1.43 bits per heavy atom. The van der Waals surface area contributed by atoms with Crippen molar-refractivity contribution < 1.29 is 28.9 Å². The summed E-state index contributed by atoms with van der Waals surface area (Å²) >= 11 is 0. The van der Waals surface area contributed by atoms with Crippen LogP contribution in [0.25, 0.3) is 0 Å². The number of carboxylic acids is 1. The normalized spacial score (nSPS) is 12.5. The van der Waals surface area contributed by atoms with Crippen molar-refractivity contribution in [2.24, 2.45) is 0 Å². The van der Waals surface area contributed by atoms with Gasteiger partial charge in [-0.3, -0.25) is 0 Å². The van der Waals surface area contributed by atoms with Crippen molar-refractivity contribution >= 4 is 11.9 Å². The van der Waals surface area contributed by atoms with Gasteiger partial charge in [-0.15, -0.1) is 0 Å². The number of benzene rings is 3. The molecule has 0 bridgehead atoms. The highest BCUT2D eigenvalue weighted by atomic mass is 16.5. The highest BCUT2D eigenvalue weighted by Crippen LogP contribution is 2.46. The molecule has 1 aliphatic rings. The van der Waals surface area contributed by atoms with Crippen LogP contribution in [0.5, 0.6) is 11.5 Å². The average Bonchev–Trinajstić information content (AvgIpc) is 2.85. The molecule has 4 rings (SSSR count). The topological polar surface area (TPSA) is 82.1 Å². The molecule has 1 aliphatic carbocycles. The fraction of sp³-hybridized carbons (Fsp3) is 0.310. The summed E-state index contributed by atoms with van der Waals surface area (Å²) in [4.78, 5) is 22.5. The largest absolute Gasteiger partial charge is 0.493 e. The van der Waals surface area contributed by atoms with Crippen molar-refractivity contribution in [1.29, 1.82) is 0 Å². The number of hydrogen-bond acceptors (Lipinski definition) is 5. The van der Waals surface area contributed by atoms with E-state index in [9.17, 15) is 9.59 Å². The van der Waals surface area contributed by atoms with Crippen LogP contribution in [0.15, 0.2) is 72.8 Å². The smallest absolute Gasteiger partial charge is 0.338 e. The van der Waals surface area contributed by atoms with Gasteiger partial charge in [-0.05, 0) is 62.4 Å². The Balaban J connectivity index is 0.000000320. The molecule has 0 heterocycles. The first kappa shape index (κ1) is 25.8. The number of carbonyl (C=O) groups is 2. The molecule has 3 aromatic rings. The second-order valence-electron chi connectivity index (χ2n) is 8.11. The van der Waals surface area contributed by atoms with Gasteiger partial charge < -0.3 is 19.3 Å². The van der Waals surface area contributed by atoms with Gasteiger partial charge in [0, 0.05) is 5.56 Å². The Hall–Kier alpha value is -3.80. The Morgan fingerprint density at radius 3 is 1.91 bits per heavy atom. The SMILES string of the molecule is CCOC(=O)c1cc(OCC)c(C2CCC2)c(OCc2ccccc2)c1.O=C(O)c1ccccc1. The maximum atomic E-state index is 12.3. The van der Waals surface area contributed by atoms with E-state index in [1.54, 1.807) is 49.4 Å². The summed E-state index contributed by atoms with van der Waals surface area (Å²) in [7, 11) is 0. The summed E-state index contributed by atoms with van der Waals surface area (Å²) in [6.07, 6.45) is 3.47. The summed E-state index contributed by atoms with van der Waals surface area (Å²) in [5.74, 6) is 0.672. The standard InChI is InChI=1S/C22H26O4.C7H6O2/c1-3-24-19-13-18(22(23)25-4-2)14-20(21(19)17-11-8-12-17)26-15-16-9-6-5-7-10-16;8-7(9)6-4-2-1-3-5-6/h5-7,9-10,13-14,17H,3-4,8,11-12,15H2,1-2H3;1-5H,(H,8,9). The zero-order valence-electron chi connectivity index (χ0n) is 20.2. The van der Waals surface area contributed by atoms with Gasteiger partial charge in [0.05, 0.1) is 24.3 Å². The first-order chi connectivity index (χ1) is 17.0. The van der Waals surface area contributed by atoms with Gasteiger partial charge in [0.1, 0.15) is 18.1 Å². The Labute approximate surface area is 206 Å². The third-order valence-corrected chi connectivity index (χ3v) is 5.69. The number of hydrogen-bond donors (Lipinski definition) is 1. The van der Waals surface area contributed by atoms with Crippen LogP contribution in [-0.4, -0.2) is 30.3 Å². The quantitative estimate of drug-likeness (QED) is 0.355. The zero-order valence-corrected chi connectivity index (χ0v) is 20.2. The van der Waals surface area contributed by atoms with E-state index in [-0.39, 0.29) is 5.97 Å². The fourth-order valence-corrected chi connectivity index (χ4v) is 3.74. The Morgan fingerprint density at radius 1 is 0.829 bits per heavy atom. The molecule has 0 spiro atoms. The van der Waals surface area contributed by atoms with Gasteiger partial charge in [-0.2, -0.15) is 0 Å². The lowest BCUT2D eigenvalue weighted by atomic mass is 9.79. The van der Waals surface area contributed by atoms with Gasteiger partial charge >= 0.3 is 11.9 Å². The molecule has 3 aromatic carbocycles. The molecule has 35 heavy (non-hydrogen) atoms. The van der Waals surface area contributed by atoms with Crippen LogP contribution < -0.4 is 9.47 Å². The predicted octanol–water partition coefficient (Wildman–Crippen LogP) is 6.49. The van der Waals surface area contributed by atoms with Crippen LogP contribution in [0.3, 0.4) is 0 Å². The van der Waals surface area contributed by atoms with Crippen LogP contribution in [-0.2, 0) is 11.3 Å². The number of aromatic carboxylic acids is 1. The van der Waals surface area contributed by atoms with Crippen LogP contribution in [0.4, 0.5) is 0 Å². The third kappa shape index (κ3) is 7.34. The van der Waals surface area contributed by atoms with E-state index in [1.165, 1.54) is 6.42 Å². The third-order valence-electron chi connectivity index (χ3n) is 5.69. The van der Waals surface area contributed by atoms with E-state index in [0.29, 0.717) is 36.9 Å². The van der Waals surface area contributed by atoms with Crippen LogP contribution in [0.1, 0.15) is 70.9 Å². The minimum Gasteiger partial charge on any atom is -0.493 e. The van der Waals surface area contributed by atoms with Crippen molar-refractivity contribution in [3.63, 3.8) is 0 Å². The van der Waals surface area contributed by atoms with Crippen molar-refractivity contribution in [3.05, 3.63) is 95.1 Å². The van der Waals surface area contributed by atoms with E-state index in [2.05, 4.69) is 0 Å². The minimum absolute atomic E-state index is 0.331. The first-order valence-corrected chi connectivity index (χ1v) is 12.0. The molecule has 0 aromatic heterocycles. The second kappa shape index (κ2) is 13.2. The first-order valence-electron chi connectivity index (χ1n) is 12.0. The van der Waals surface area contributed by atoms with Gasteiger partial charge in [0.15, 0.2) is 0 Å². The number of carboxylic acid groups (broad SMARTS) is 1.